The Morgan fingerprint density at radius 3 is 2.52 bits per heavy atom. The van der Waals surface area contributed by atoms with Crippen LogP contribution in [0.15, 0.2) is 53.9 Å². The van der Waals surface area contributed by atoms with Crippen molar-refractivity contribution in [1.82, 2.24) is 0 Å². The van der Waals surface area contributed by atoms with Crippen molar-refractivity contribution in [1.29, 1.82) is 0 Å². The van der Waals surface area contributed by atoms with Gasteiger partial charge in [-0.15, -0.1) is 11.3 Å². The number of hydrogen-bond donors (Lipinski definition) is 1. The van der Waals surface area contributed by atoms with E-state index in [2.05, 4.69) is 5.32 Å². The van der Waals surface area contributed by atoms with Crippen molar-refractivity contribution in [3.05, 3.63) is 70.1 Å². The number of esters is 1. The first kappa shape index (κ1) is 20.9. The number of amides is 1. The summed E-state index contributed by atoms with van der Waals surface area (Å²) in [7, 11) is 1.56. The summed E-state index contributed by atoms with van der Waals surface area (Å²) in [6, 6.07) is 14.6. The maximum Gasteiger partial charge on any atom is 0.341 e. The quantitative estimate of drug-likeness (QED) is 0.508. The van der Waals surface area contributed by atoms with E-state index in [0.717, 1.165) is 5.56 Å². The number of carbonyl (C=O) groups is 2. The summed E-state index contributed by atoms with van der Waals surface area (Å²) < 4.78 is 10.5. The molecule has 0 radical (unpaired) electrons. The van der Waals surface area contributed by atoms with Crippen LogP contribution >= 0.6 is 22.9 Å². The van der Waals surface area contributed by atoms with Crippen LogP contribution in [-0.2, 0) is 16.0 Å². The lowest BCUT2D eigenvalue weighted by atomic mass is 10.0. The van der Waals surface area contributed by atoms with Crippen LogP contribution in [0.1, 0.15) is 22.8 Å². The molecule has 7 heteroatoms. The van der Waals surface area contributed by atoms with Gasteiger partial charge in [0.05, 0.1) is 20.1 Å². The van der Waals surface area contributed by atoms with Crippen LogP contribution in [0.25, 0.3) is 11.1 Å². The summed E-state index contributed by atoms with van der Waals surface area (Å²) in [4.78, 5) is 25.3. The van der Waals surface area contributed by atoms with Crippen molar-refractivity contribution in [2.75, 3.05) is 19.0 Å². The number of methoxy groups -OCH3 is 1. The van der Waals surface area contributed by atoms with E-state index in [4.69, 9.17) is 21.1 Å². The molecule has 0 bridgehead atoms. The first-order chi connectivity index (χ1) is 14.0. The molecule has 0 unspecified atom stereocenters. The number of ether oxygens (including phenoxy) is 2. The topological polar surface area (TPSA) is 64.6 Å². The highest BCUT2D eigenvalue weighted by Gasteiger charge is 2.24. The predicted molar refractivity (Wildman–Crippen MR) is 116 cm³/mol. The Morgan fingerprint density at radius 1 is 1.07 bits per heavy atom. The number of hydrogen-bond acceptors (Lipinski definition) is 5. The van der Waals surface area contributed by atoms with Crippen LogP contribution in [0.2, 0.25) is 5.02 Å². The van der Waals surface area contributed by atoms with E-state index < -0.39 is 5.97 Å². The fourth-order valence-electron chi connectivity index (χ4n) is 2.93. The van der Waals surface area contributed by atoms with Gasteiger partial charge >= 0.3 is 5.97 Å². The molecule has 0 saturated heterocycles. The highest BCUT2D eigenvalue weighted by Crippen LogP contribution is 2.39. The summed E-state index contributed by atoms with van der Waals surface area (Å²) >= 11 is 7.58. The normalized spacial score (nSPS) is 10.4. The van der Waals surface area contributed by atoms with Gasteiger partial charge in [0, 0.05) is 27.1 Å². The van der Waals surface area contributed by atoms with Crippen LogP contribution in [0.5, 0.6) is 5.75 Å². The van der Waals surface area contributed by atoms with Crippen LogP contribution in [0.3, 0.4) is 0 Å². The Bertz CT molecular complexity index is 1030. The molecule has 0 fully saturated rings. The van der Waals surface area contributed by atoms with Crippen LogP contribution < -0.4 is 10.1 Å². The second-order valence-corrected chi connectivity index (χ2v) is 7.38. The molecular weight excluding hydrogens is 410 g/mol. The third kappa shape index (κ3) is 4.78. The predicted octanol–water partition coefficient (Wildman–Crippen LogP) is 5.44. The van der Waals surface area contributed by atoms with E-state index in [-0.39, 0.29) is 18.9 Å². The Kier molecular flexibility index (Phi) is 6.90. The monoisotopic (exact) mass is 429 g/mol. The highest BCUT2D eigenvalue weighted by atomic mass is 35.5. The molecule has 2 aromatic carbocycles. The maximum absolute atomic E-state index is 12.7. The largest absolute Gasteiger partial charge is 0.496 e. The lowest BCUT2D eigenvalue weighted by Crippen LogP contribution is -2.17. The van der Waals surface area contributed by atoms with Gasteiger partial charge in [0.1, 0.15) is 16.3 Å². The fourth-order valence-corrected chi connectivity index (χ4v) is 4.13. The molecule has 3 aromatic rings. The van der Waals surface area contributed by atoms with Gasteiger partial charge in [-0.2, -0.15) is 0 Å². The van der Waals surface area contributed by atoms with Gasteiger partial charge in [-0.3, -0.25) is 4.79 Å². The molecule has 0 aliphatic heterocycles. The molecule has 0 spiro atoms. The van der Waals surface area contributed by atoms with Gasteiger partial charge in [0.15, 0.2) is 0 Å². The van der Waals surface area contributed by atoms with Gasteiger partial charge in [0.25, 0.3) is 0 Å². The number of benzene rings is 2. The first-order valence-corrected chi connectivity index (χ1v) is 10.3. The van der Waals surface area contributed by atoms with E-state index in [0.29, 0.717) is 32.5 Å². The van der Waals surface area contributed by atoms with Crippen molar-refractivity contribution < 1.29 is 19.1 Å². The summed E-state index contributed by atoms with van der Waals surface area (Å²) in [5.41, 5.74) is 2.40. The van der Waals surface area contributed by atoms with Crippen molar-refractivity contribution in [2.45, 2.75) is 13.3 Å². The van der Waals surface area contributed by atoms with Gasteiger partial charge in [-0.1, -0.05) is 48.0 Å². The standard InChI is InChI=1S/C22H20ClNO4S/c1-3-28-22(26)20-16(15-9-5-6-10-17(15)23)13-29-21(20)24-19(25)12-14-8-4-7-11-18(14)27-2/h4-11,13H,3,12H2,1-2H3,(H,24,25). The average molecular weight is 430 g/mol. The maximum atomic E-state index is 12.7. The Hall–Kier alpha value is -2.83. The summed E-state index contributed by atoms with van der Waals surface area (Å²) in [5, 5.41) is 5.58. The number of rotatable bonds is 7. The SMILES string of the molecule is CCOC(=O)c1c(-c2ccccc2Cl)csc1NC(=O)Cc1ccccc1OC. The summed E-state index contributed by atoms with van der Waals surface area (Å²) in [5.74, 6) is -0.125. The molecule has 1 aromatic heterocycles. The number of thiophene rings is 1. The zero-order valence-electron chi connectivity index (χ0n) is 16.0. The summed E-state index contributed by atoms with van der Waals surface area (Å²) in [6.45, 7) is 1.96. The third-order valence-corrected chi connectivity index (χ3v) is 5.46. The van der Waals surface area contributed by atoms with E-state index in [1.54, 1.807) is 31.5 Å². The molecule has 0 aliphatic rings. The summed E-state index contributed by atoms with van der Waals surface area (Å²) in [6.07, 6.45) is 0.117. The van der Waals surface area contributed by atoms with Crippen LogP contribution in [0, 0.1) is 0 Å². The van der Waals surface area contributed by atoms with Crippen LogP contribution in [0.4, 0.5) is 5.00 Å². The molecule has 1 N–H and O–H groups in total. The molecule has 150 valence electrons. The average Bonchev–Trinajstić information content (AvgIpc) is 3.12. The van der Waals surface area contributed by atoms with E-state index in [9.17, 15) is 9.59 Å². The smallest absolute Gasteiger partial charge is 0.341 e. The van der Waals surface area contributed by atoms with E-state index >= 15 is 0 Å². The third-order valence-electron chi connectivity index (χ3n) is 4.23. The second kappa shape index (κ2) is 9.58. The Balaban J connectivity index is 1.92. The number of halogens is 1. The minimum absolute atomic E-state index is 0.117. The molecule has 5 nitrogen and oxygen atoms in total. The van der Waals surface area contributed by atoms with Gasteiger partial charge in [-0.05, 0) is 19.1 Å². The molecular formula is C22H20ClNO4S. The van der Waals surface area contributed by atoms with Crippen molar-refractivity contribution in [3.63, 3.8) is 0 Å². The lowest BCUT2D eigenvalue weighted by Gasteiger charge is -2.11. The van der Waals surface area contributed by atoms with E-state index in [1.807, 2.05) is 36.4 Å². The number of para-hydroxylation sites is 1. The van der Waals surface area contributed by atoms with Gasteiger partial charge < -0.3 is 14.8 Å². The molecule has 0 atom stereocenters. The molecule has 0 aliphatic carbocycles. The minimum atomic E-state index is -0.503. The molecule has 0 saturated carbocycles. The highest BCUT2D eigenvalue weighted by molar-refractivity contribution is 7.15. The molecule has 3 rings (SSSR count). The fraction of sp³-hybridized carbons (Fsp3) is 0.182. The molecule has 1 amide bonds. The first-order valence-electron chi connectivity index (χ1n) is 9.00. The number of carbonyl (C=O) groups excluding carboxylic acids is 2. The van der Waals surface area contributed by atoms with Crippen molar-refractivity contribution in [3.8, 4) is 16.9 Å². The van der Waals surface area contributed by atoms with Gasteiger partial charge in [-0.25, -0.2) is 4.79 Å². The Morgan fingerprint density at radius 2 is 1.79 bits per heavy atom. The lowest BCUT2D eigenvalue weighted by molar-refractivity contribution is -0.115. The zero-order valence-corrected chi connectivity index (χ0v) is 17.6. The van der Waals surface area contributed by atoms with E-state index in [1.165, 1.54) is 11.3 Å². The minimum Gasteiger partial charge on any atom is -0.496 e. The van der Waals surface area contributed by atoms with Crippen molar-refractivity contribution >= 4 is 39.8 Å². The van der Waals surface area contributed by atoms with Crippen LogP contribution in [-0.4, -0.2) is 25.6 Å². The Labute approximate surface area is 178 Å². The molecule has 1 heterocycles. The van der Waals surface area contributed by atoms with Crippen molar-refractivity contribution in [2.24, 2.45) is 0 Å². The second-order valence-electron chi connectivity index (χ2n) is 6.09. The number of anilines is 1. The molecule has 29 heavy (non-hydrogen) atoms. The zero-order chi connectivity index (χ0) is 20.8. The van der Waals surface area contributed by atoms with Gasteiger partial charge in [0.2, 0.25) is 5.91 Å². The number of nitrogens with one attached hydrogen (secondary N) is 1.